The highest BCUT2D eigenvalue weighted by Crippen LogP contribution is 2.31. The van der Waals surface area contributed by atoms with E-state index in [1.807, 2.05) is 48.2 Å². The van der Waals surface area contributed by atoms with Gasteiger partial charge in [-0.05, 0) is 49.2 Å². The Hall–Kier alpha value is -3.09. The number of benzene rings is 1. The maximum atomic E-state index is 12.7. The minimum Gasteiger partial charge on any atom is -0.368 e. The van der Waals surface area contributed by atoms with Crippen molar-refractivity contribution in [1.82, 2.24) is 9.88 Å². The highest BCUT2D eigenvalue weighted by molar-refractivity contribution is 6.07. The summed E-state index contributed by atoms with van der Waals surface area (Å²) in [6, 6.07) is 11.4. The number of nitrogens with zero attached hydrogens (tertiary/aromatic N) is 4. The molecule has 0 spiro atoms. The molecule has 1 N–H and O–H groups in total. The van der Waals surface area contributed by atoms with Crippen LogP contribution in [0, 0.1) is 5.92 Å². The topological polar surface area (TPSA) is 68.8 Å². The van der Waals surface area contributed by atoms with Crippen LogP contribution in [0.5, 0.6) is 0 Å². The summed E-state index contributed by atoms with van der Waals surface area (Å²) in [5, 5.41) is 2.95. The quantitative estimate of drug-likeness (QED) is 0.845. The molecule has 1 aliphatic carbocycles. The zero-order valence-corrected chi connectivity index (χ0v) is 17.0. The predicted molar refractivity (Wildman–Crippen MR) is 114 cm³/mol. The fraction of sp³-hybridized carbons (Fsp3) is 0.409. The van der Waals surface area contributed by atoms with Crippen LogP contribution in [0.3, 0.4) is 0 Å². The number of hydrogen-bond acceptors (Lipinski definition) is 5. The van der Waals surface area contributed by atoms with Crippen LogP contribution >= 0.6 is 0 Å². The Morgan fingerprint density at radius 2 is 1.72 bits per heavy atom. The molecule has 0 atom stereocenters. The average Bonchev–Trinajstić information content (AvgIpc) is 3.59. The molecule has 152 valence electrons. The third-order valence-corrected chi connectivity index (χ3v) is 5.46. The molecule has 2 fully saturated rings. The third kappa shape index (κ3) is 4.34. The Kier molecular flexibility index (Phi) is 5.38. The molecular formula is C22H27N5O2. The van der Waals surface area contributed by atoms with E-state index in [4.69, 9.17) is 0 Å². The summed E-state index contributed by atoms with van der Waals surface area (Å²) in [5.74, 6) is 1.08. The van der Waals surface area contributed by atoms with Crippen LogP contribution in [-0.4, -0.2) is 62.0 Å². The van der Waals surface area contributed by atoms with Gasteiger partial charge in [0.25, 0.3) is 5.91 Å². The number of rotatable bonds is 5. The van der Waals surface area contributed by atoms with Gasteiger partial charge in [0.15, 0.2) is 0 Å². The highest BCUT2D eigenvalue weighted by atomic mass is 16.2. The zero-order valence-electron chi connectivity index (χ0n) is 17.0. The van der Waals surface area contributed by atoms with Crippen molar-refractivity contribution in [2.24, 2.45) is 5.92 Å². The lowest BCUT2D eigenvalue weighted by molar-refractivity contribution is -0.132. The summed E-state index contributed by atoms with van der Waals surface area (Å²) >= 11 is 0. The molecule has 0 unspecified atom stereocenters. The molecular weight excluding hydrogens is 366 g/mol. The second kappa shape index (κ2) is 8.11. The van der Waals surface area contributed by atoms with Gasteiger partial charge in [-0.25, -0.2) is 4.98 Å². The van der Waals surface area contributed by atoms with E-state index in [0.29, 0.717) is 17.3 Å². The number of anilines is 3. The van der Waals surface area contributed by atoms with Crippen LogP contribution in [0.25, 0.3) is 0 Å². The number of amides is 2. The van der Waals surface area contributed by atoms with Gasteiger partial charge in [0.2, 0.25) is 5.91 Å². The van der Waals surface area contributed by atoms with E-state index in [0.717, 1.165) is 50.4 Å². The van der Waals surface area contributed by atoms with Gasteiger partial charge in [-0.2, -0.15) is 0 Å². The van der Waals surface area contributed by atoms with Crippen molar-refractivity contribution in [3.8, 4) is 0 Å². The molecule has 2 aliphatic rings. The lowest BCUT2D eigenvalue weighted by Crippen LogP contribution is -2.49. The lowest BCUT2D eigenvalue weighted by atomic mass is 10.2. The molecule has 4 rings (SSSR count). The van der Waals surface area contributed by atoms with E-state index in [9.17, 15) is 9.59 Å². The van der Waals surface area contributed by atoms with Gasteiger partial charge >= 0.3 is 0 Å². The molecule has 2 aromatic rings. The Labute approximate surface area is 171 Å². The van der Waals surface area contributed by atoms with Gasteiger partial charge in [0.1, 0.15) is 5.82 Å². The van der Waals surface area contributed by atoms with Gasteiger partial charge in [-0.1, -0.05) is 0 Å². The SMILES string of the molecule is CN(C)c1ncccc1C(=O)Nc1ccc(N2CCN(C(=O)C3CC3)CC2)cc1. The number of pyridine rings is 1. The molecule has 1 aromatic heterocycles. The largest absolute Gasteiger partial charge is 0.368 e. The van der Waals surface area contributed by atoms with Crippen molar-refractivity contribution < 1.29 is 9.59 Å². The van der Waals surface area contributed by atoms with Crippen LogP contribution in [0.4, 0.5) is 17.2 Å². The van der Waals surface area contributed by atoms with Crippen molar-refractivity contribution in [3.63, 3.8) is 0 Å². The third-order valence-electron chi connectivity index (χ3n) is 5.46. The van der Waals surface area contributed by atoms with Crippen molar-refractivity contribution >= 4 is 29.0 Å². The molecule has 2 heterocycles. The summed E-state index contributed by atoms with van der Waals surface area (Å²) in [6.07, 6.45) is 3.79. The summed E-state index contributed by atoms with van der Waals surface area (Å²) in [5.41, 5.74) is 2.39. The van der Waals surface area contributed by atoms with Crippen LogP contribution < -0.4 is 15.1 Å². The van der Waals surface area contributed by atoms with Crippen molar-refractivity contribution in [3.05, 3.63) is 48.2 Å². The Balaban J connectivity index is 1.36. The lowest BCUT2D eigenvalue weighted by Gasteiger charge is -2.36. The average molecular weight is 393 g/mol. The number of carbonyl (C=O) groups excluding carboxylic acids is 2. The van der Waals surface area contributed by atoms with E-state index in [1.165, 1.54) is 0 Å². The molecule has 0 radical (unpaired) electrons. The first-order valence-corrected chi connectivity index (χ1v) is 10.1. The van der Waals surface area contributed by atoms with Gasteiger partial charge < -0.3 is 20.0 Å². The molecule has 7 heteroatoms. The molecule has 2 amide bonds. The van der Waals surface area contributed by atoms with Crippen molar-refractivity contribution in [1.29, 1.82) is 0 Å². The molecule has 29 heavy (non-hydrogen) atoms. The molecule has 7 nitrogen and oxygen atoms in total. The second-order valence-corrected chi connectivity index (χ2v) is 7.86. The molecule has 1 aromatic carbocycles. The number of aromatic nitrogens is 1. The van der Waals surface area contributed by atoms with E-state index < -0.39 is 0 Å². The molecule has 1 saturated carbocycles. The molecule has 1 aliphatic heterocycles. The Morgan fingerprint density at radius 3 is 2.34 bits per heavy atom. The van der Waals surface area contributed by atoms with Crippen LogP contribution in [-0.2, 0) is 4.79 Å². The van der Waals surface area contributed by atoms with Crippen LogP contribution in [0.15, 0.2) is 42.6 Å². The second-order valence-electron chi connectivity index (χ2n) is 7.86. The summed E-state index contributed by atoms with van der Waals surface area (Å²) in [4.78, 5) is 35.2. The fourth-order valence-electron chi connectivity index (χ4n) is 3.66. The van der Waals surface area contributed by atoms with Gasteiger partial charge in [0, 0.05) is 63.8 Å². The van der Waals surface area contributed by atoms with Crippen molar-refractivity contribution in [2.75, 3.05) is 55.4 Å². The fourth-order valence-corrected chi connectivity index (χ4v) is 3.66. The summed E-state index contributed by atoms with van der Waals surface area (Å²) < 4.78 is 0. The smallest absolute Gasteiger partial charge is 0.259 e. The number of nitrogens with one attached hydrogen (secondary N) is 1. The first-order valence-electron chi connectivity index (χ1n) is 10.1. The van der Waals surface area contributed by atoms with E-state index in [-0.39, 0.29) is 11.8 Å². The summed E-state index contributed by atoms with van der Waals surface area (Å²) in [6.45, 7) is 3.24. The van der Waals surface area contributed by atoms with Crippen LogP contribution in [0.1, 0.15) is 23.2 Å². The monoisotopic (exact) mass is 393 g/mol. The van der Waals surface area contributed by atoms with E-state index >= 15 is 0 Å². The van der Waals surface area contributed by atoms with Gasteiger partial charge in [0.05, 0.1) is 5.56 Å². The van der Waals surface area contributed by atoms with E-state index in [2.05, 4.69) is 15.2 Å². The van der Waals surface area contributed by atoms with Crippen molar-refractivity contribution in [2.45, 2.75) is 12.8 Å². The maximum absolute atomic E-state index is 12.7. The van der Waals surface area contributed by atoms with Crippen LogP contribution in [0.2, 0.25) is 0 Å². The zero-order chi connectivity index (χ0) is 20.4. The van der Waals surface area contributed by atoms with E-state index in [1.54, 1.807) is 18.3 Å². The minimum absolute atomic E-state index is 0.179. The number of piperazine rings is 1. The minimum atomic E-state index is -0.179. The first-order chi connectivity index (χ1) is 14.0. The Morgan fingerprint density at radius 1 is 1.03 bits per heavy atom. The number of hydrogen-bond donors (Lipinski definition) is 1. The highest BCUT2D eigenvalue weighted by Gasteiger charge is 2.34. The van der Waals surface area contributed by atoms with Gasteiger partial charge in [-0.15, -0.1) is 0 Å². The predicted octanol–water partition coefficient (Wildman–Crippen LogP) is 2.46. The normalized spacial score (nSPS) is 16.5. The first kappa shape index (κ1) is 19.2. The Bertz CT molecular complexity index is 884. The summed E-state index contributed by atoms with van der Waals surface area (Å²) in [7, 11) is 3.73. The van der Waals surface area contributed by atoms with Gasteiger partial charge in [-0.3, -0.25) is 9.59 Å². The number of carbonyl (C=O) groups is 2. The molecule has 0 bridgehead atoms. The maximum Gasteiger partial charge on any atom is 0.259 e. The molecule has 1 saturated heterocycles. The standard InChI is InChI=1S/C22H27N5O2/c1-25(2)20-19(4-3-11-23-20)21(28)24-17-7-9-18(10-8-17)26-12-14-27(15-13-26)22(29)16-5-6-16/h3-4,7-11,16H,5-6,12-15H2,1-2H3,(H,24,28).